The molecule has 0 aliphatic carbocycles. The van der Waals surface area contributed by atoms with Gasteiger partial charge < -0.3 is 15.4 Å². The van der Waals surface area contributed by atoms with Gasteiger partial charge in [0.1, 0.15) is 5.82 Å². The van der Waals surface area contributed by atoms with Crippen LogP contribution in [0.1, 0.15) is 6.42 Å². The first kappa shape index (κ1) is 20.2. The second-order valence-electron chi connectivity index (χ2n) is 6.43. The molecule has 0 saturated carbocycles. The molecule has 0 saturated heterocycles. The normalized spacial score (nSPS) is 10.8. The predicted octanol–water partition coefficient (Wildman–Crippen LogP) is 2.03. The molecule has 1 aromatic carbocycles. The summed E-state index contributed by atoms with van der Waals surface area (Å²) in [7, 11) is 0. The van der Waals surface area contributed by atoms with Crippen LogP contribution in [-0.2, 0) is 13.1 Å². The molecule has 3 aromatic rings. The second-order valence-corrected chi connectivity index (χ2v) is 6.43. The Bertz CT molecular complexity index is 1170. The van der Waals surface area contributed by atoms with Gasteiger partial charge in [-0.15, -0.1) is 6.58 Å². The molecule has 8 heteroatoms. The Labute approximate surface area is 166 Å². The summed E-state index contributed by atoms with van der Waals surface area (Å²) in [5, 5.41) is 9.06. The smallest absolute Gasteiger partial charge is 0.263 e. The molecule has 0 unspecified atom stereocenters. The van der Waals surface area contributed by atoms with E-state index in [9.17, 15) is 14.0 Å². The van der Waals surface area contributed by atoms with E-state index in [2.05, 4.69) is 11.6 Å². The van der Waals surface area contributed by atoms with E-state index in [4.69, 9.17) is 10.8 Å². The Balaban J connectivity index is 2.31. The monoisotopic (exact) mass is 396 g/mol. The van der Waals surface area contributed by atoms with Gasteiger partial charge in [-0.2, -0.15) is 0 Å². The minimum atomic E-state index is -0.475. The Hall–Kier alpha value is -3.52. The quantitative estimate of drug-likeness (QED) is 0.595. The van der Waals surface area contributed by atoms with Gasteiger partial charge in [0.2, 0.25) is 5.95 Å². The maximum Gasteiger partial charge on any atom is 0.263 e. The molecular formula is C21H21FN4O3. The maximum atomic E-state index is 13.8. The third-order valence-electron chi connectivity index (χ3n) is 4.44. The van der Waals surface area contributed by atoms with Crippen molar-refractivity contribution in [2.45, 2.75) is 19.5 Å². The predicted molar refractivity (Wildman–Crippen MR) is 110 cm³/mol. The number of halogens is 1. The van der Waals surface area contributed by atoms with Crippen molar-refractivity contribution < 1.29 is 9.50 Å². The van der Waals surface area contributed by atoms with Crippen LogP contribution in [0.3, 0.4) is 0 Å². The molecule has 2 aromatic heterocycles. The molecule has 2 heterocycles. The van der Waals surface area contributed by atoms with Gasteiger partial charge in [0.05, 0.1) is 11.3 Å². The highest BCUT2D eigenvalue weighted by Crippen LogP contribution is 2.28. The molecule has 0 fully saturated rings. The van der Waals surface area contributed by atoms with Crippen LogP contribution in [0.15, 0.2) is 64.8 Å². The summed E-state index contributed by atoms with van der Waals surface area (Å²) in [6.45, 7) is 4.01. The van der Waals surface area contributed by atoms with Gasteiger partial charge in [0.15, 0.2) is 0 Å². The van der Waals surface area contributed by atoms with Gasteiger partial charge in [0.25, 0.3) is 11.1 Å². The van der Waals surface area contributed by atoms with Crippen molar-refractivity contribution in [3.63, 3.8) is 0 Å². The minimum Gasteiger partial charge on any atom is -0.396 e. The molecule has 0 spiro atoms. The molecule has 0 aliphatic heterocycles. The van der Waals surface area contributed by atoms with Crippen LogP contribution >= 0.6 is 0 Å². The number of rotatable bonds is 7. The molecular weight excluding hydrogens is 375 g/mol. The standard InChI is InChI=1S/C21H21FN4O3/c1-2-9-26-20(29)18(15-7-8-17(28)25(13-15)10-4-11-27)19(24-21(26)23)14-5-3-6-16(22)12-14/h2-3,5-8,12-13,27H,1,4,9-11H2,(H2,23,24). The third-order valence-corrected chi connectivity index (χ3v) is 4.44. The zero-order valence-corrected chi connectivity index (χ0v) is 15.7. The molecule has 3 N–H and O–H groups in total. The van der Waals surface area contributed by atoms with E-state index < -0.39 is 11.4 Å². The fourth-order valence-corrected chi connectivity index (χ4v) is 3.08. The van der Waals surface area contributed by atoms with Crippen molar-refractivity contribution in [2.24, 2.45) is 0 Å². The number of nitrogen functional groups attached to an aromatic ring is 1. The summed E-state index contributed by atoms with van der Waals surface area (Å²) in [5.74, 6) is -0.497. The van der Waals surface area contributed by atoms with Crippen molar-refractivity contribution in [1.29, 1.82) is 0 Å². The summed E-state index contributed by atoms with van der Waals surface area (Å²) in [4.78, 5) is 29.7. The maximum absolute atomic E-state index is 13.8. The van der Waals surface area contributed by atoms with Crippen LogP contribution in [0.2, 0.25) is 0 Å². The van der Waals surface area contributed by atoms with Crippen LogP contribution in [0.4, 0.5) is 10.3 Å². The summed E-state index contributed by atoms with van der Waals surface area (Å²) in [6, 6.07) is 8.57. The van der Waals surface area contributed by atoms with Crippen LogP contribution in [-0.4, -0.2) is 25.8 Å². The first-order valence-electron chi connectivity index (χ1n) is 9.05. The van der Waals surface area contributed by atoms with Crippen molar-refractivity contribution >= 4 is 5.95 Å². The van der Waals surface area contributed by atoms with E-state index in [0.29, 0.717) is 24.1 Å². The van der Waals surface area contributed by atoms with Crippen LogP contribution in [0.25, 0.3) is 22.4 Å². The molecule has 29 heavy (non-hydrogen) atoms. The van der Waals surface area contributed by atoms with E-state index >= 15 is 0 Å². The van der Waals surface area contributed by atoms with Gasteiger partial charge in [-0.3, -0.25) is 14.2 Å². The fraction of sp³-hybridized carbons (Fsp3) is 0.190. The zero-order valence-electron chi connectivity index (χ0n) is 15.7. The average Bonchev–Trinajstić information content (AvgIpc) is 2.70. The van der Waals surface area contributed by atoms with Crippen molar-refractivity contribution in [2.75, 3.05) is 12.3 Å². The van der Waals surface area contributed by atoms with Gasteiger partial charge in [-0.1, -0.05) is 18.2 Å². The number of nitrogens with two attached hydrogens (primary N) is 1. The number of pyridine rings is 1. The molecule has 0 aliphatic rings. The van der Waals surface area contributed by atoms with Crippen molar-refractivity contribution in [3.8, 4) is 22.4 Å². The number of hydrogen-bond acceptors (Lipinski definition) is 5. The van der Waals surface area contributed by atoms with Crippen molar-refractivity contribution in [1.82, 2.24) is 14.1 Å². The molecule has 3 rings (SSSR count). The lowest BCUT2D eigenvalue weighted by Gasteiger charge is -2.15. The van der Waals surface area contributed by atoms with E-state index in [-0.39, 0.29) is 35.9 Å². The number of benzene rings is 1. The van der Waals surface area contributed by atoms with Gasteiger partial charge >= 0.3 is 0 Å². The molecule has 0 bridgehead atoms. The molecule has 0 radical (unpaired) electrons. The Morgan fingerprint density at radius 1 is 1.21 bits per heavy atom. The fourth-order valence-electron chi connectivity index (χ4n) is 3.08. The van der Waals surface area contributed by atoms with E-state index in [0.717, 1.165) is 0 Å². The molecule has 7 nitrogen and oxygen atoms in total. The second kappa shape index (κ2) is 8.66. The molecule has 0 atom stereocenters. The number of aliphatic hydroxyl groups is 1. The lowest BCUT2D eigenvalue weighted by molar-refractivity contribution is 0.279. The molecule has 150 valence electrons. The summed E-state index contributed by atoms with van der Waals surface area (Å²) in [6.07, 6.45) is 3.45. The van der Waals surface area contributed by atoms with E-state index in [1.54, 1.807) is 6.07 Å². The number of allylic oxidation sites excluding steroid dienone is 1. The Kier molecular flexibility index (Phi) is 6.04. The van der Waals surface area contributed by atoms with Crippen LogP contribution in [0.5, 0.6) is 0 Å². The van der Waals surface area contributed by atoms with Gasteiger partial charge in [-0.25, -0.2) is 9.37 Å². The highest BCUT2D eigenvalue weighted by molar-refractivity contribution is 5.80. The van der Waals surface area contributed by atoms with Gasteiger partial charge in [-0.05, 0) is 24.6 Å². The number of anilines is 1. The number of aliphatic hydroxyl groups excluding tert-OH is 1. The summed E-state index contributed by atoms with van der Waals surface area (Å²) >= 11 is 0. The molecule has 0 amide bonds. The van der Waals surface area contributed by atoms with E-state index in [1.165, 1.54) is 51.7 Å². The number of hydrogen-bond donors (Lipinski definition) is 2. The largest absolute Gasteiger partial charge is 0.396 e. The number of aryl methyl sites for hydroxylation is 1. The minimum absolute atomic E-state index is 0.0217. The highest BCUT2D eigenvalue weighted by Gasteiger charge is 2.19. The van der Waals surface area contributed by atoms with Gasteiger partial charge in [0, 0.05) is 43.1 Å². The topological polar surface area (TPSA) is 103 Å². The number of nitrogens with zero attached hydrogens (tertiary/aromatic N) is 3. The Morgan fingerprint density at radius 2 is 2.00 bits per heavy atom. The van der Waals surface area contributed by atoms with E-state index in [1.807, 2.05) is 0 Å². The lowest BCUT2D eigenvalue weighted by atomic mass is 10.0. The number of aromatic nitrogens is 3. The first-order chi connectivity index (χ1) is 14.0. The SMILES string of the molecule is C=CCn1c(N)nc(-c2cccc(F)c2)c(-c2ccc(=O)n(CCCO)c2)c1=O. The van der Waals surface area contributed by atoms with Crippen LogP contribution < -0.4 is 16.9 Å². The van der Waals surface area contributed by atoms with Crippen LogP contribution in [0, 0.1) is 5.82 Å². The summed E-state index contributed by atoms with van der Waals surface area (Å²) in [5.41, 5.74) is 6.54. The first-order valence-corrected chi connectivity index (χ1v) is 9.05. The van der Waals surface area contributed by atoms with Crippen molar-refractivity contribution in [3.05, 3.63) is 81.8 Å². The Morgan fingerprint density at radius 3 is 2.69 bits per heavy atom. The average molecular weight is 396 g/mol. The highest BCUT2D eigenvalue weighted by atomic mass is 19.1. The lowest BCUT2D eigenvalue weighted by Crippen LogP contribution is -2.27. The zero-order chi connectivity index (χ0) is 21.0. The summed E-state index contributed by atoms with van der Waals surface area (Å²) < 4.78 is 16.5. The third kappa shape index (κ3) is 4.17.